The van der Waals surface area contributed by atoms with Gasteiger partial charge in [-0.3, -0.25) is 4.79 Å². The maximum absolute atomic E-state index is 13.0. The predicted octanol–water partition coefficient (Wildman–Crippen LogP) is 2.70. The number of rotatable bonds is 6. The smallest absolute Gasteiger partial charge is 0.280 e. The molecule has 0 bridgehead atoms. The molecule has 8 nitrogen and oxygen atoms in total. The van der Waals surface area contributed by atoms with Crippen LogP contribution in [0.5, 0.6) is 17.4 Å². The van der Waals surface area contributed by atoms with Gasteiger partial charge >= 0.3 is 0 Å². The van der Waals surface area contributed by atoms with Gasteiger partial charge in [0.15, 0.2) is 11.5 Å². The summed E-state index contributed by atoms with van der Waals surface area (Å²) in [6.07, 6.45) is 1.64. The highest BCUT2D eigenvalue weighted by Crippen LogP contribution is 2.29. The van der Waals surface area contributed by atoms with Gasteiger partial charge in [-0.05, 0) is 24.3 Å². The number of carbonyl (C=O) groups excluding carboxylic acids is 1. The Bertz CT molecular complexity index is 951. The van der Waals surface area contributed by atoms with Crippen LogP contribution in [0.15, 0.2) is 42.6 Å². The van der Waals surface area contributed by atoms with E-state index in [9.17, 15) is 4.79 Å². The number of anilines is 1. The molecule has 0 aliphatic rings. The second kappa shape index (κ2) is 7.77. The van der Waals surface area contributed by atoms with E-state index >= 15 is 0 Å². The Morgan fingerprint density at radius 1 is 1.00 bits per heavy atom. The summed E-state index contributed by atoms with van der Waals surface area (Å²) in [4.78, 5) is 17.1. The summed E-state index contributed by atoms with van der Waals surface area (Å²) in [5.41, 5.74) is 1.81. The molecule has 0 amide bonds. The highest BCUT2D eigenvalue weighted by atomic mass is 16.5. The fourth-order valence-corrected chi connectivity index (χ4v) is 2.60. The summed E-state index contributed by atoms with van der Waals surface area (Å²) >= 11 is 0. The monoisotopic (exact) mass is 368 g/mol. The standard InChI is InChI=1S/C19H20N4O4/c1-20-17-10-14(13-6-8-18(27-4)21-11-13)22-23(17)19(24)12-5-7-15(25-2)16(9-12)26-3/h5-11,20H,1-4H3. The Hall–Kier alpha value is -3.55. The number of pyridine rings is 1. The molecule has 0 aliphatic carbocycles. The minimum absolute atomic E-state index is 0.298. The van der Waals surface area contributed by atoms with Crippen LogP contribution < -0.4 is 19.5 Å². The predicted molar refractivity (Wildman–Crippen MR) is 101 cm³/mol. The first-order chi connectivity index (χ1) is 13.1. The summed E-state index contributed by atoms with van der Waals surface area (Å²) < 4.78 is 16.9. The van der Waals surface area contributed by atoms with Crippen molar-refractivity contribution in [2.24, 2.45) is 0 Å². The zero-order valence-electron chi connectivity index (χ0n) is 15.5. The lowest BCUT2D eigenvalue weighted by molar-refractivity contribution is 0.0947. The molecular weight excluding hydrogens is 348 g/mol. The molecule has 0 saturated heterocycles. The number of benzene rings is 1. The van der Waals surface area contributed by atoms with E-state index in [1.807, 2.05) is 6.07 Å². The SMILES string of the molecule is CNc1cc(-c2ccc(OC)nc2)nn1C(=O)c1ccc(OC)c(OC)c1. The van der Waals surface area contributed by atoms with Crippen molar-refractivity contribution in [1.29, 1.82) is 0 Å². The highest BCUT2D eigenvalue weighted by molar-refractivity contribution is 5.98. The molecule has 1 N–H and O–H groups in total. The van der Waals surface area contributed by atoms with Gasteiger partial charge in [-0.25, -0.2) is 4.98 Å². The van der Waals surface area contributed by atoms with Crippen LogP contribution in [0.25, 0.3) is 11.3 Å². The molecule has 0 radical (unpaired) electrons. The van der Waals surface area contributed by atoms with Gasteiger partial charge in [0.2, 0.25) is 5.88 Å². The third-order valence-electron chi connectivity index (χ3n) is 4.03. The largest absolute Gasteiger partial charge is 0.493 e. The third kappa shape index (κ3) is 3.55. The normalized spacial score (nSPS) is 10.4. The molecule has 0 aliphatic heterocycles. The Morgan fingerprint density at radius 2 is 1.78 bits per heavy atom. The van der Waals surface area contributed by atoms with Gasteiger partial charge < -0.3 is 19.5 Å². The second-order valence-electron chi connectivity index (χ2n) is 5.54. The Labute approximate surface area is 156 Å². The fraction of sp³-hybridized carbons (Fsp3) is 0.211. The number of aromatic nitrogens is 3. The zero-order valence-corrected chi connectivity index (χ0v) is 15.5. The van der Waals surface area contributed by atoms with E-state index < -0.39 is 0 Å². The Morgan fingerprint density at radius 3 is 2.37 bits per heavy atom. The van der Waals surface area contributed by atoms with E-state index in [2.05, 4.69) is 15.4 Å². The number of carbonyl (C=O) groups is 1. The molecule has 3 aromatic rings. The number of nitrogens with one attached hydrogen (secondary N) is 1. The van der Waals surface area contributed by atoms with Crippen molar-refractivity contribution in [2.75, 3.05) is 33.7 Å². The van der Waals surface area contributed by atoms with Gasteiger partial charge in [0.05, 0.1) is 27.0 Å². The van der Waals surface area contributed by atoms with Crippen molar-refractivity contribution in [3.8, 4) is 28.6 Å². The van der Waals surface area contributed by atoms with Crippen molar-refractivity contribution in [3.05, 3.63) is 48.2 Å². The summed E-state index contributed by atoms with van der Waals surface area (Å²) in [5.74, 6) is 1.79. The maximum Gasteiger partial charge on any atom is 0.280 e. The number of hydrogen-bond donors (Lipinski definition) is 1. The number of methoxy groups -OCH3 is 3. The van der Waals surface area contributed by atoms with Gasteiger partial charge in [-0.1, -0.05) is 0 Å². The van der Waals surface area contributed by atoms with Crippen LogP contribution in [-0.2, 0) is 0 Å². The molecular formula is C19H20N4O4. The van der Waals surface area contributed by atoms with Crippen LogP contribution in [0.2, 0.25) is 0 Å². The van der Waals surface area contributed by atoms with Crippen molar-refractivity contribution in [2.45, 2.75) is 0 Å². The number of nitrogens with zero attached hydrogens (tertiary/aromatic N) is 3. The van der Waals surface area contributed by atoms with Gasteiger partial charge in [0.1, 0.15) is 5.82 Å². The lowest BCUT2D eigenvalue weighted by atomic mass is 10.2. The van der Waals surface area contributed by atoms with E-state index in [4.69, 9.17) is 14.2 Å². The van der Waals surface area contributed by atoms with Crippen LogP contribution in [0.3, 0.4) is 0 Å². The van der Waals surface area contributed by atoms with Gasteiger partial charge in [-0.15, -0.1) is 0 Å². The van der Waals surface area contributed by atoms with E-state index in [0.29, 0.717) is 34.5 Å². The maximum atomic E-state index is 13.0. The lowest BCUT2D eigenvalue weighted by Gasteiger charge is -2.10. The zero-order chi connectivity index (χ0) is 19.4. The first kappa shape index (κ1) is 18.2. The van der Waals surface area contributed by atoms with Crippen LogP contribution in [0, 0.1) is 0 Å². The first-order valence-electron chi connectivity index (χ1n) is 8.16. The summed E-state index contributed by atoms with van der Waals surface area (Å²) in [7, 11) is 6.35. The van der Waals surface area contributed by atoms with Crippen molar-refractivity contribution < 1.29 is 19.0 Å². The molecule has 8 heteroatoms. The van der Waals surface area contributed by atoms with Crippen LogP contribution in [-0.4, -0.2) is 49.0 Å². The molecule has 2 aromatic heterocycles. The van der Waals surface area contributed by atoms with Crippen LogP contribution in [0.4, 0.5) is 5.82 Å². The molecule has 1 aromatic carbocycles. The average molecular weight is 368 g/mol. The number of ether oxygens (including phenoxy) is 3. The van der Waals surface area contributed by atoms with Crippen LogP contribution in [0.1, 0.15) is 10.4 Å². The van der Waals surface area contributed by atoms with Crippen molar-refractivity contribution in [3.63, 3.8) is 0 Å². The van der Waals surface area contributed by atoms with Gasteiger partial charge in [0, 0.05) is 36.5 Å². The molecule has 0 unspecified atom stereocenters. The minimum atomic E-state index is -0.298. The fourth-order valence-electron chi connectivity index (χ4n) is 2.60. The minimum Gasteiger partial charge on any atom is -0.493 e. The summed E-state index contributed by atoms with van der Waals surface area (Å²) in [6, 6.07) is 10.3. The molecule has 0 atom stereocenters. The van der Waals surface area contributed by atoms with E-state index in [0.717, 1.165) is 5.56 Å². The quantitative estimate of drug-likeness (QED) is 0.716. The Balaban J connectivity index is 1.98. The molecule has 0 saturated carbocycles. The molecule has 27 heavy (non-hydrogen) atoms. The van der Waals surface area contributed by atoms with E-state index in [1.165, 1.54) is 11.8 Å². The average Bonchev–Trinajstić information content (AvgIpc) is 3.17. The molecule has 2 heterocycles. The van der Waals surface area contributed by atoms with Gasteiger partial charge in [0.25, 0.3) is 5.91 Å². The second-order valence-corrected chi connectivity index (χ2v) is 5.54. The highest BCUT2D eigenvalue weighted by Gasteiger charge is 2.18. The van der Waals surface area contributed by atoms with E-state index in [-0.39, 0.29) is 5.91 Å². The lowest BCUT2D eigenvalue weighted by Crippen LogP contribution is -2.16. The van der Waals surface area contributed by atoms with Crippen molar-refractivity contribution >= 4 is 11.7 Å². The van der Waals surface area contributed by atoms with Crippen molar-refractivity contribution in [1.82, 2.24) is 14.8 Å². The van der Waals surface area contributed by atoms with Gasteiger partial charge in [-0.2, -0.15) is 9.78 Å². The third-order valence-corrected chi connectivity index (χ3v) is 4.03. The summed E-state index contributed by atoms with van der Waals surface area (Å²) in [5, 5.41) is 7.42. The summed E-state index contributed by atoms with van der Waals surface area (Å²) in [6.45, 7) is 0. The topological polar surface area (TPSA) is 87.5 Å². The molecule has 0 fully saturated rings. The molecule has 3 rings (SSSR count). The first-order valence-corrected chi connectivity index (χ1v) is 8.16. The van der Waals surface area contributed by atoms with E-state index in [1.54, 1.807) is 57.8 Å². The molecule has 140 valence electrons. The number of hydrogen-bond acceptors (Lipinski definition) is 7. The van der Waals surface area contributed by atoms with Crippen LogP contribution >= 0.6 is 0 Å². The molecule has 0 spiro atoms. The Kier molecular flexibility index (Phi) is 5.25.